The lowest BCUT2D eigenvalue weighted by molar-refractivity contribution is -0.114. The Kier molecular flexibility index (Phi) is 2.00. The van der Waals surface area contributed by atoms with Crippen molar-refractivity contribution in [3.63, 3.8) is 0 Å². The molecule has 15 heavy (non-hydrogen) atoms. The van der Waals surface area contributed by atoms with E-state index < -0.39 is 5.91 Å². The van der Waals surface area contributed by atoms with Crippen LogP contribution in [0.3, 0.4) is 0 Å². The van der Waals surface area contributed by atoms with Gasteiger partial charge in [0.2, 0.25) is 0 Å². The highest BCUT2D eigenvalue weighted by molar-refractivity contribution is 6.68. The van der Waals surface area contributed by atoms with Gasteiger partial charge in [0.05, 0.1) is 11.4 Å². The van der Waals surface area contributed by atoms with Crippen LogP contribution in [0.15, 0.2) is 14.9 Å². The molecule has 0 spiro atoms. The third kappa shape index (κ3) is 1.47. The van der Waals surface area contributed by atoms with E-state index >= 15 is 0 Å². The van der Waals surface area contributed by atoms with Crippen molar-refractivity contribution in [3.05, 3.63) is 16.0 Å². The Morgan fingerprint density at radius 1 is 1.20 bits per heavy atom. The second-order valence-electron chi connectivity index (χ2n) is 3.15. The number of hydrogen-bond acceptors (Lipinski definition) is 4. The maximum atomic E-state index is 11.3. The van der Waals surface area contributed by atoms with Gasteiger partial charge in [0.25, 0.3) is 11.5 Å². The van der Waals surface area contributed by atoms with E-state index in [0.29, 0.717) is 11.4 Å². The first-order chi connectivity index (χ1) is 7.09. The molecule has 2 heterocycles. The van der Waals surface area contributed by atoms with Gasteiger partial charge in [-0.3, -0.25) is 14.7 Å². The number of nitrogens with one attached hydrogen (secondary N) is 3. The number of nitrogens with zero attached hydrogens (tertiary/aromatic N) is 2. The number of rotatable bonds is 1. The number of hydrogen-bond donors (Lipinski definition) is 3. The Morgan fingerprint density at radius 2 is 1.93 bits per heavy atom. The number of aliphatic imine (C=N–C) groups is 1. The highest BCUT2D eigenvalue weighted by atomic mass is 16.2. The number of aromatic amines is 2. The summed E-state index contributed by atoms with van der Waals surface area (Å²) in [6.07, 6.45) is 0. The van der Waals surface area contributed by atoms with Crippen LogP contribution in [0.2, 0.25) is 0 Å². The lowest BCUT2D eigenvalue weighted by atomic mass is 10.2. The largest absolute Gasteiger partial charge is 0.300 e. The highest BCUT2D eigenvalue weighted by Crippen LogP contribution is 2.10. The number of hydrazone groups is 1. The van der Waals surface area contributed by atoms with Gasteiger partial charge in [-0.2, -0.15) is 5.10 Å². The van der Waals surface area contributed by atoms with Gasteiger partial charge >= 0.3 is 0 Å². The number of amides is 1. The fourth-order valence-corrected chi connectivity index (χ4v) is 1.22. The molecular formula is C8H9N5O2. The summed E-state index contributed by atoms with van der Waals surface area (Å²) in [6.45, 7) is 3.34. The van der Waals surface area contributed by atoms with Crippen LogP contribution in [0.1, 0.15) is 12.6 Å². The molecule has 0 fully saturated rings. The minimum absolute atomic E-state index is 0.170. The molecular weight excluding hydrogens is 198 g/mol. The molecule has 0 unspecified atom stereocenters. The fourth-order valence-electron chi connectivity index (χ4n) is 1.22. The summed E-state index contributed by atoms with van der Waals surface area (Å²) in [6, 6.07) is 0. The predicted octanol–water partition coefficient (Wildman–Crippen LogP) is -0.410. The van der Waals surface area contributed by atoms with Crippen molar-refractivity contribution in [2.75, 3.05) is 0 Å². The van der Waals surface area contributed by atoms with Gasteiger partial charge in [-0.15, -0.1) is 0 Å². The Bertz CT molecular complexity index is 533. The summed E-state index contributed by atoms with van der Waals surface area (Å²) < 4.78 is 0. The van der Waals surface area contributed by atoms with E-state index in [4.69, 9.17) is 0 Å². The molecule has 1 aromatic rings. The summed E-state index contributed by atoms with van der Waals surface area (Å²) in [5.74, 6) is -0.396. The average molecular weight is 207 g/mol. The van der Waals surface area contributed by atoms with E-state index in [1.165, 1.54) is 0 Å². The first-order valence-corrected chi connectivity index (χ1v) is 4.30. The molecule has 7 nitrogen and oxygen atoms in total. The number of aromatic nitrogens is 2. The van der Waals surface area contributed by atoms with E-state index in [2.05, 4.69) is 25.7 Å². The summed E-state index contributed by atoms with van der Waals surface area (Å²) in [7, 11) is 0. The van der Waals surface area contributed by atoms with Crippen molar-refractivity contribution in [1.29, 1.82) is 0 Å². The summed E-state index contributed by atoms with van der Waals surface area (Å²) in [5, 5.41) is 8.71. The number of aryl methyl sites for hydroxylation is 1. The first-order valence-electron chi connectivity index (χ1n) is 4.30. The SMILES string of the molecule is CC1=NNC(=O)C1=Nc1c(C)[nH][nH]c1=O. The quantitative estimate of drug-likeness (QED) is 0.582. The van der Waals surface area contributed by atoms with E-state index in [1.54, 1.807) is 13.8 Å². The third-order valence-corrected chi connectivity index (χ3v) is 2.04. The maximum Gasteiger partial charge on any atom is 0.291 e. The van der Waals surface area contributed by atoms with E-state index in [9.17, 15) is 9.59 Å². The van der Waals surface area contributed by atoms with Crippen LogP contribution in [-0.2, 0) is 4.79 Å². The minimum atomic E-state index is -0.396. The monoisotopic (exact) mass is 207 g/mol. The molecule has 3 N–H and O–H groups in total. The molecule has 0 saturated heterocycles. The zero-order valence-corrected chi connectivity index (χ0v) is 8.21. The molecule has 1 amide bonds. The molecule has 1 aliphatic heterocycles. The topological polar surface area (TPSA) is 102 Å². The van der Waals surface area contributed by atoms with Gasteiger partial charge in [-0.25, -0.2) is 10.4 Å². The van der Waals surface area contributed by atoms with Crippen LogP contribution in [0.5, 0.6) is 0 Å². The lowest BCUT2D eigenvalue weighted by Gasteiger charge is -1.92. The van der Waals surface area contributed by atoms with Gasteiger partial charge < -0.3 is 5.10 Å². The molecule has 0 atom stereocenters. The van der Waals surface area contributed by atoms with Gasteiger partial charge in [0.15, 0.2) is 11.4 Å². The molecule has 0 aromatic carbocycles. The van der Waals surface area contributed by atoms with Crippen LogP contribution in [-0.4, -0.2) is 27.5 Å². The normalized spacial score (nSPS) is 18.1. The van der Waals surface area contributed by atoms with E-state index in [1.807, 2.05) is 0 Å². The summed E-state index contributed by atoms with van der Waals surface area (Å²) in [5.41, 5.74) is 3.34. The second kappa shape index (κ2) is 3.19. The van der Waals surface area contributed by atoms with E-state index in [-0.39, 0.29) is 17.0 Å². The smallest absolute Gasteiger partial charge is 0.291 e. The van der Waals surface area contributed by atoms with Crippen molar-refractivity contribution in [2.45, 2.75) is 13.8 Å². The molecule has 2 rings (SSSR count). The Morgan fingerprint density at radius 3 is 2.40 bits per heavy atom. The molecule has 0 saturated carbocycles. The van der Waals surface area contributed by atoms with Gasteiger partial charge in [-0.05, 0) is 13.8 Å². The zero-order valence-electron chi connectivity index (χ0n) is 8.21. The number of carbonyl (C=O) groups is 1. The summed E-state index contributed by atoms with van der Waals surface area (Å²) >= 11 is 0. The van der Waals surface area contributed by atoms with Crippen molar-refractivity contribution < 1.29 is 4.79 Å². The van der Waals surface area contributed by atoms with Crippen LogP contribution in [0.4, 0.5) is 5.69 Å². The maximum absolute atomic E-state index is 11.3. The molecule has 78 valence electrons. The molecule has 7 heteroatoms. The van der Waals surface area contributed by atoms with Gasteiger partial charge in [0, 0.05) is 0 Å². The molecule has 1 aliphatic rings. The van der Waals surface area contributed by atoms with Crippen molar-refractivity contribution >= 4 is 23.0 Å². The van der Waals surface area contributed by atoms with Crippen LogP contribution >= 0.6 is 0 Å². The summed E-state index contributed by atoms with van der Waals surface area (Å²) in [4.78, 5) is 26.5. The Hall–Kier alpha value is -2.18. The second-order valence-corrected chi connectivity index (χ2v) is 3.15. The van der Waals surface area contributed by atoms with Crippen molar-refractivity contribution in [1.82, 2.24) is 15.6 Å². The lowest BCUT2D eigenvalue weighted by Crippen LogP contribution is -2.22. The van der Waals surface area contributed by atoms with Gasteiger partial charge in [-0.1, -0.05) is 0 Å². The minimum Gasteiger partial charge on any atom is -0.300 e. The van der Waals surface area contributed by atoms with Crippen LogP contribution < -0.4 is 11.0 Å². The van der Waals surface area contributed by atoms with Crippen molar-refractivity contribution in [3.8, 4) is 0 Å². The predicted molar refractivity (Wildman–Crippen MR) is 54.5 cm³/mol. The highest BCUT2D eigenvalue weighted by Gasteiger charge is 2.21. The van der Waals surface area contributed by atoms with E-state index in [0.717, 1.165) is 0 Å². The molecule has 0 bridgehead atoms. The number of H-pyrrole nitrogens is 2. The number of carbonyl (C=O) groups excluding carboxylic acids is 1. The average Bonchev–Trinajstić information content (AvgIpc) is 2.67. The van der Waals surface area contributed by atoms with Gasteiger partial charge in [0.1, 0.15) is 0 Å². The molecule has 1 aromatic heterocycles. The Balaban J connectivity index is 2.51. The zero-order chi connectivity index (χ0) is 11.0. The molecule has 0 radical (unpaired) electrons. The Labute approximate surface area is 84.3 Å². The third-order valence-electron chi connectivity index (χ3n) is 2.04. The van der Waals surface area contributed by atoms with Crippen molar-refractivity contribution in [2.24, 2.45) is 10.1 Å². The standard InChI is InChI=1S/C8H9N5O2/c1-3-5(7(14)12-10-3)9-6-4(2)11-13-8(6)15/h1-2H3,(H,9,12,14)(H2,11,13,15). The fraction of sp³-hybridized carbons (Fsp3) is 0.250. The van der Waals surface area contributed by atoms with Crippen LogP contribution in [0, 0.1) is 6.92 Å². The molecule has 0 aliphatic carbocycles. The van der Waals surface area contributed by atoms with Crippen LogP contribution in [0.25, 0.3) is 0 Å². The first kappa shape index (κ1) is 9.38.